The average molecular weight is 382 g/mol. The second-order valence-electron chi connectivity index (χ2n) is 5.10. The lowest BCUT2D eigenvalue weighted by atomic mass is 9.84. The zero-order chi connectivity index (χ0) is 16.4. The number of alkyl halides is 1. The summed E-state index contributed by atoms with van der Waals surface area (Å²) in [7, 11) is 0. The average Bonchev–Trinajstić information content (AvgIpc) is 2.55. The van der Waals surface area contributed by atoms with E-state index in [9.17, 15) is 0 Å². The summed E-state index contributed by atoms with van der Waals surface area (Å²) < 4.78 is 0. The second-order valence-corrected chi connectivity index (χ2v) is 6.89. The van der Waals surface area contributed by atoms with E-state index in [-0.39, 0.29) is 0 Å². The molecule has 23 heavy (non-hydrogen) atoms. The van der Waals surface area contributed by atoms with E-state index in [1.807, 2.05) is 72.8 Å². The highest BCUT2D eigenvalue weighted by Gasteiger charge is 2.38. The summed E-state index contributed by atoms with van der Waals surface area (Å²) in [4.78, 5) is -1.07. The van der Waals surface area contributed by atoms with Gasteiger partial charge in [-0.3, -0.25) is 0 Å². The van der Waals surface area contributed by atoms with E-state index in [1.54, 1.807) is 0 Å². The number of hydrogen-bond acceptors (Lipinski definition) is 0. The number of halogens is 4. The Kier molecular flexibility index (Phi) is 4.89. The van der Waals surface area contributed by atoms with Gasteiger partial charge in [-0.1, -0.05) is 89.4 Å². The third kappa shape index (κ3) is 2.97. The van der Waals surface area contributed by atoms with Crippen LogP contribution in [0, 0.1) is 0 Å². The van der Waals surface area contributed by atoms with Gasteiger partial charge in [0.05, 0.1) is 0 Å². The highest BCUT2D eigenvalue weighted by molar-refractivity contribution is 6.38. The first-order chi connectivity index (χ1) is 11.0. The van der Waals surface area contributed by atoms with Crippen molar-refractivity contribution in [1.82, 2.24) is 0 Å². The van der Waals surface area contributed by atoms with E-state index in [2.05, 4.69) is 0 Å². The molecule has 0 radical (unpaired) electrons. The quantitative estimate of drug-likeness (QED) is 0.333. The number of hydrogen-bond donors (Lipinski definition) is 0. The molecule has 0 bridgehead atoms. The first kappa shape index (κ1) is 16.7. The van der Waals surface area contributed by atoms with Gasteiger partial charge < -0.3 is 0 Å². The molecule has 3 rings (SSSR count). The minimum absolute atomic E-state index is 0.558. The van der Waals surface area contributed by atoms with Gasteiger partial charge in [-0.05, 0) is 18.2 Å². The molecule has 0 aliphatic carbocycles. The SMILES string of the molecule is Clc1ccccc1C(Cl)(c1ccccc1Cl)c1ccccc1Cl. The van der Waals surface area contributed by atoms with Crippen molar-refractivity contribution in [2.24, 2.45) is 0 Å². The molecule has 0 aromatic heterocycles. The zero-order valence-electron chi connectivity index (χ0n) is 11.9. The predicted molar refractivity (Wildman–Crippen MR) is 100 cm³/mol. The van der Waals surface area contributed by atoms with Crippen molar-refractivity contribution < 1.29 is 0 Å². The molecule has 0 saturated heterocycles. The molecule has 0 nitrogen and oxygen atoms in total. The van der Waals surface area contributed by atoms with Crippen molar-refractivity contribution in [3.05, 3.63) is 105 Å². The Morgan fingerprint density at radius 1 is 0.478 bits per heavy atom. The molecule has 3 aromatic rings. The van der Waals surface area contributed by atoms with E-state index in [0.717, 1.165) is 16.7 Å². The molecule has 0 amide bonds. The van der Waals surface area contributed by atoms with Gasteiger partial charge in [0, 0.05) is 31.8 Å². The molecule has 0 spiro atoms. The molecule has 4 heteroatoms. The minimum Gasteiger partial charge on any atom is -0.103 e. The van der Waals surface area contributed by atoms with Crippen LogP contribution in [0.2, 0.25) is 15.1 Å². The standard InChI is InChI=1S/C19H12Cl4/c20-16-10-4-1-7-13(16)19(23,14-8-2-5-11-17(14)21)15-9-3-6-12-18(15)22/h1-12H. The van der Waals surface area contributed by atoms with Crippen LogP contribution < -0.4 is 0 Å². The molecule has 0 N–H and O–H groups in total. The van der Waals surface area contributed by atoms with Gasteiger partial charge in [0.1, 0.15) is 4.87 Å². The molecule has 0 aliphatic rings. The van der Waals surface area contributed by atoms with Gasteiger partial charge in [-0.2, -0.15) is 0 Å². The Balaban J connectivity index is 2.38. The van der Waals surface area contributed by atoms with Crippen LogP contribution in [-0.4, -0.2) is 0 Å². The van der Waals surface area contributed by atoms with Crippen LogP contribution in [0.25, 0.3) is 0 Å². The Bertz CT molecular complexity index is 731. The summed E-state index contributed by atoms with van der Waals surface area (Å²) >= 11 is 26.5. The van der Waals surface area contributed by atoms with E-state index in [1.165, 1.54) is 0 Å². The monoisotopic (exact) mass is 380 g/mol. The fraction of sp³-hybridized carbons (Fsp3) is 0.0526. The van der Waals surface area contributed by atoms with Crippen LogP contribution in [-0.2, 0) is 4.87 Å². The summed E-state index contributed by atoms with van der Waals surface area (Å²) in [6.45, 7) is 0. The fourth-order valence-electron chi connectivity index (χ4n) is 2.66. The first-order valence-corrected chi connectivity index (χ1v) is 8.50. The molecule has 0 aliphatic heterocycles. The van der Waals surface area contributed by atoms with E-state index < -0.39 is 4.87 Å². The van der Waals surface area contributed by atoms with Gasteiger partial charge in [0.25, 0.3) is 0 Å². The highest BCUT2D eigenvalue weighted by Crippen LogP contribution is 2.49. The van der Waals surface area contributed by atoms with Crippen molar-refractivity contribution >= 4 is 46.4 Å². The Morgan fingerprint density at radius 2 is 0.739 bits per heavy atom. The third-order valence-corrected chi connectivity index (χ3v) is 5.33. The fourth-order valence-corrected chi connectivity index (χ4v) is 4.13. The van der Waals surface area contributed by atoms with Gasteiger partial charge in [0.15, 0.2) is 0 Å². The van der Waals surface area contributed by atoms with Gasteiger partial charge in [-0.15, -0.1) is 11.6 Å². The maximum atomic E-state index is 7.18. The van der Waals surface area contributed by atoms with Crippen LogP contribution in [0.5, 0.6) is 0 Å². The molecule has 0 heterocycles. The largest absolute Gasteiger partial charge is 0.124 e. The summed E-state index contributed by atoms with van der Waals surface area (Å²) in [5.41, 5.74) is 2.22. The summed E-state index contributed by atoms with van der Waals surface area (Å²) in [5.74, 6) is 0. The molecule has 0 atom stereocenters. The summed E-state index contributed by atoms with van der Waals surface area (Å²) in [6.07, 6.45) is 0. The Labute approximate surface area is 155 Å². The molecular formula is C19H12Cl4. The topological polar surface area (TPSA) is 0 Å². The lowest BCUT2D eigenvalue weighted by Crippen LogP contribution is -2.23. The first-order valence-electron chi connectivity index (χ1n) is 6.99. The maximum absolute atomic E-state index is 7.18. The van der Waals surface area contributed by atoms with Crippen molar-refractivity contribution in [2.75, 3.05) is 0 Å². The third-order valence-electron chi connectivity index (χ3n) is 3.73. The van der Waals surface area contributed by atoms with Crippen molar-refractivity contribution in [2.45, 2.75) is 4.87 Å². The lowest BCUT2D eigenvalue weighted by molar-refractivity contribution is 0.880. The Morgan fingerprint density at radius 3 is 1.00 bits per heavy atom. The molecular weight excluding hydrogens is 370 g/mol. The molecule has 0 saturated carbocycles. The van der Waals surface area contributed by atoms with Crippen LogP contribution in [0.3, 0.4) is 0 Å². The number of rotatable bonds is 3. The summed E-state index contributed by atoms with van der Waals surface area (Å²) in [5, 5.41) is 1.67. The van der Waals surface area contributed by atoms with Crippen molar-refractivity contribution in [1.29, 1.82) is 0 Å². The normalized spacial score (nSPS) is 11.5. The summed E-state index contributed by atoms with van der Waals surface area (Å²) in [6, 6.07) is 22.4. The van der Waals surface area contributed by atoms with E-state index >= 15 is 0 Å². The maximum Gasteiger partial charge on any atom is 0.124 e. The molecule has 0 fully saturated rings. The molecule has 0 unspecified atom stereocenters. The smallest absolute Gasteiger partial charge is 0.103 e. The Hall–Kier alpha value is -1.18. The minimum atomic E-state index is -1.07. The van der Waals surface area contributed by atoms with Crippen molar-refractivity contribution in [3.8, 4) is 0 Å². The van der Waals surface area contributed by atoms with Crippen LogP contribution in [0.15, 0.2) is 72.8 Å². The van der Waals surface area contributed by atoms with E-state index in [4.69, 9.17) is 46.4 Å². The van der Waals surface area contributed by atoms with Crippen LogP contribution in [0.4, 0.5) is 0 Å². The van der Waals surface area contributed by atoms with Gasteiger partial charge in [0.2, 0.25) is 0 Å². The zero-order valence-corrected chi connectivity index (χ0v) is 15.0. The highest BCUT2D eigenvalue weighted by atomic mass is 35.5. The predicted octanol–water partition coefficient (Wildman–Crippen LogP) is 7.18. The lowest BCUT2D eigenvalue weighted by Gasteiger charge is -2.31. The van der Waals surface area contributed by atoms with Gasteiger partial charge >= 0.3 is 0 Å². The van der Waals surface area contributed by atoms with E-state index in [0.29, 0.717) is 15.1 Å². The molecule has 3 aromatic carbocycles. The van der Waals surface area contributed by atoms with Crippen LogP contribution >= 0.6 is 46.4 Å². The second kappa shape index (κ2) is 6.75. The number of benzene rings is 3. The molecule has 116 valence electrons. The van der Waals surface area contributed by atoms with Gasteiger partial charge in [-0.25, -0.2) is 0 Å². The van der Waals surface area contributed by atoms with Crippen LogP contribution in [0.1, 0.15) is 16.7 Å². The van der Waals surface area contributed by atoms with Crippen molar-refractivity contribution in [3.63, 3.8) is 0 Å².